The Morgan fingerprint density at radius 1 is 1.25 bits per heavy atom. The molecule has 0 radical (unpaired) electrons. The van der Waals surface area contributed by atoms with Crippen LogP contribution in [0.3, 0.4) is 0 Å². The minimum atomic E-state index is -0.329. The van der Waals surface area contributed by atoms with Gasteiger partial charge in [-0.15, -0.1) is 0 Å². The summed E-state index contributed by atoms with van der Waals surface area (Å²) in [5.74, 6) is -0.329. The van der Waals surface area contributed by atoms with Crippen LogP contribution in [0.5, 0.6) is 0 Å². The van der Waals surface area contributed by atoms with Crippen LogP contribution in [-0.4, -0.2) is 73.2 Å². The molecule has 1 aliphatic rings. The van der Waals surface area contributed by atoms with E-state index >= 15 is 0 Å². The number of nitrogens with one attached hydrogen (secondary N) is 1. The zero-order valence-corrected chi connectivity index (χ0v) is 17.7. The van der Waals surface area contributed by atoms with E-state index in [0.717, 1.165) is 54.9 Å². The van der Waals surface area contributed by atoms with Gasteiger partial charge in [0, 0.05) is 50.3 Å². The Morgan fingerprint density at radius 2 is 1.96 bits per heavy atom. The summed E-state index contributed by atoms with van der Waals surface area (Å²) in [7, 11) is 2.16. The highest BCUT2D eigenvalue weighted by molar-refractivity contribution is 6.05. The summed E-state index contributed by atoms with van der Waals surface area (Å²) < 4.78 is 5.28. The van der Waals surface area contributed by atoms with Crippen molar-refractivity contribution in [3.05, 3.63) is 35.0 Å². The molecule has 28 heavy (non-hydrogen) atoms. The summed E-state index contributed by atoms with van der Waals surface area (Å²) in [6.45, 7) is 13.8. The number of pyridine rings is 1. The van der Waals surface area contributed by atoms with Crippen molar-refractivity contribution in [3.8, 4) is 0 Å². The van der Waals surface area contributed by atoms with E-state index < -0.39 is 0 Å². The quantitative estimate of drug-likeness (QED) is 0.773. The number of ether oxygens (including phenoxy) is 1. The van der Waals surface area contributed by atoms with Crippen molar-refractivity contribution >= 4 is 22.6 Å². The smallest absolute Gasteiger partial charge is 0.341 e. The van der Waals surface area contributed by atoms with Gasteiger partial charge in [-0.2, -0.15) is 0 Å². The molecular formula is C22H32N4O2. The normalized spacial score (nSPS) is 16.9. The summed E-state index contributed by atoms with van der Waals surface area (Å²) in [4.78, 5) is 22.0. The number of piperazine rings is 1. The summed E-state index contributed by atoms with van der Waals surface area (Å²) in [6, 6.07) is 4.34. The number of nitrogens with zero attached hydrogens (tertiary/aromatic N) is 3. The van der Waals surface area contributed by atoms with E-state index in [-0.39, 0.29) is 12.0 Å². The minimum absolute atomic E-state index is 0.198. The third kappa shape index (κ3) is 4.45. The molecule has 6 nitrogen and oxygen atoms in total. The van der Waals surface area contributed by atoms with Crippen LogP contribution < -0.4 is 5.32 Å². The second kappa shape index (κ2) is 8.88. The number of rotatable bonds is 6. The number of benzene rings is 1. The molecule has 2 heterocycles. The summed E-state index contributed by atoms with van der Waals surface area (Å²) in [5, 5.41) is 4.57. The number of carbonyl (C=O) groups excluding carboxylic acids is 1. The van der Waals surface area contributed by atoms with Gasteiger partial charge in [-0.05, 0) is 45.9 Å². The van der Waals surface area contributed by atoms with Crippen molar-refractivity contribution in [2.75, 3.05) is 51.7 Å². The van der Waals surface area contributed by atoms with Gasteiger partial charge < -0.3 is 15.0 Å². The van der Waals surface area contributed by atoms with Crippen molar-refractivity contribution in [1.29, 1.82) is 0 Å². The summed E-state index contributed by atoms with van der Waals surface area (Å²) in [6.07, 6.45) is 1.65. The van der Waals surface area contributed by atoms with Crippen LogP contribution in [-0.2, 0) is 4.74 Å². The maximum Gasteiger partial charge on any atom is 0.341 e. The highest BCUT2D eigenvalue weighted by atomic mass is 16.5. The Balaban J connectivity index is 1.91. The molecule has 1 aromatic heterocycles. The SMILES string of the molecule is CCOC(=O)c1cnc2c(C)c(C)ccc2c1NC(C)CN1CCN(C)CC1. The van der Waals surface area contributed by atoms with Crippen LogP contribution in [0.25, 0.3) is 10.9 Å². The van der Waals surface area contributed by atoms with Crippen molar-refractivity contribution in [1.82, 2.24) is 14.8 Å². The topological polar surface area (TPSA) is 57.7 Å². The van der Waals surface area contributed by atoms with Crippen LogP contribution in [0, 0.1) is 13.8 Å². The number of carbonyl (C=O) groups is 1. The molecule has 1 fully saturated rings. The second-order valence-electron chi connectivity index (χ2n) is 7.82. The first-order valence-corrected chi connectivity index (χ1v) is 10.1. The average molecular weight is 385 g/mol. The Kier molecular flexibility index (Phi) is 6.52. The van der Waals surface area contributed by atoms with Gasteiger partial charge in [-0.3, -0.25) is 9.88 Å². The molecule has 1 aromatic carbocycles. The highest BCUT2D eigenvalue weighted by Crippen LogP contribution is 2.30. The molecule has 3 rings (SSSR count). The fraction of sp³-hybridized carbons (Fsp3) is 0.545. The predicted octanol–water partition coefficient (Wildman–Crippen LogP) is 3.08. The molecule has 1 saturated heterocycles. The number of anilines is 1. The van der Waals surface area contributed by atoms with Gasteiger partial charge in [0.2, 0.25) is 0 Å². The van der Waals surface area contributed by atoms with Gasteiger partial charge in [-0.25, -0.2) is 4.79 Å². The van der Waals surface area contributed by atoms with Gasteiger partial charge in [0.05, 0.1) is 17.8 Å². The van der Waals surface area contributed by atoms with E-state index in [4.69, 9.17) is 4.74 Å². The van der Waals surface area contributed by atoms with E-state index in [2.05, 4.69) is 60.1 Å². The van der Waals surface area contributed by atoms with Crippen LogP contribution in [0.4, 0.5) is 5.69 Å². The van der Waals surface area contributed by atoms with Gasteiger partial charge in [0.1, 0.15) is 5.56 Å². The molecule has 2 aromatic rings. The Bertz CT molecular complexity index is 844. The molecular weight excluding hydrogens is 352 g/mol. The molecule has 0 spiro atoms. The first kappa shape index (κ1) is 20.6. The fourth-order valence-electron chi connectivity index (χ4n) is 3.74. The minimum Gasteiger partial charge on any atom is -0.462 e. The molecule has 0 amide bonds. The van der Waals surface area contributed by atoms with Crippen molar-refractivity contribution < 1.29 is 9.53 Å². The molecule has 1 aliphatic heterocycles. The number of fused-ring (bicyclic) bond motifs is 1. The lowest BCUT2D eigenvalue weighted by Gasteiger charge is -2.34. The lowest BCUT2D eigenvalue weighted by molar-refractivity contribution is 0.0527. The molecule has 0 bridgehead atoms. The largest absolute Gasteiger partial charge is 0.462 e. The fourth-order valence-corrected chi connectivity index (χ4v) is 3.74. The highest BCUT2D eigenvalue weighted by Gasteiger charge is 2.21. The van der Waals surface area contributed by atoms with E-state index in [0.29, 0.717) is 12.2 Å². The molecule has 0 aliphatic carbocycles. The third-order valence-corrected chi connectivity index (χ3v) is 5.58. The average Bonchev–Trinajstić information content (AvgIpc) is 2.67. The molecule has 152 valence electrons. The number of hydrogen-bond donors (Lipinski definition) is 1. The van der Waals surface area contributed by atoms with Crippen LogP contribution in [0.1, 0.15) is 35.3 Å². The van der Waals surface area contributed by atoms with E-state index in [9.17, 15) is 4.79 Å². The lowest BCUT2D eigenvalue weighted by Crippen LogP contribution is -2.47. The van der Waals surface area contributed by atoms with Crippen molar-refractivity contribution in [3.63, 3.8) is 0 Å². The number of likely N-dealkylation sites (N-methyl/N-ethyl adjacent to an activating group) is 1. The monoisotopic (exact) mass is 384 g/mol. The first-order chi connectivity index (χ1) is 13.4. The third-order valence-electron chi connectivity index (χ3n) is 5.58. The van der Waals surface area contributed by atoms with Crippen molar-refractivity contribution in [2.24, 2.45) is 0 Å². The number of aryl methyl sites for hydroxylation is 2. The van der Waals surface area contributed by atoms with Gasteiger partial charge >= 0.3 is 5.97 Å². The van der Waals surface area contributed by atoms with E-state index in [1.54, 1.807) is 6.20 Å². The molecule has 6 heteroatoms. The number of aromatic nitrogens is 1. The van der Waals surface area contributed by atoms with Gasteiger partial charge in [0.25, 0.3) is 0 Å². The maximum atomic E-state index is 12.6. The molecule has 1 N–H and O–H groups in total. The summed E-state index contributed by atoms with van der Waals surface area (Å²) in [5.41, 5.74) is 4.60. The number of esters is 1. The van der Waals surface area contributed by atoms with E-state index in [1.165, 1.54) is 5.56 Å². The molecule has 0 saturated carbocycles. The van der Waals surface area contributed by atoms with Gasteiger partial charge in [0.15, 0.2) is 0 Å². The Morgan fingerprint density at radius 3 is 2.64 bits per heavy atom. The zero-order valence-electron chi connectivity index (χ0n) is 17.7. The molecule has 1 atom stereocenters. The molecule has 1 unspecified atom stereocenters. The predicted molar refractivity (Wildman–Crippen MR) is 114 cm³/mol. The Hall–Kier alpha value is -2.18. The van der Waals surface area contributed by atoms with Crippen molar-refractivity contribution in [2.45, 2.75) is 33.7 Å². The van der Waals surface area contributed by atoms with Crippen LogP contribution in [0.2, 0.25) is 0 Å². The number of hydrogen-bond acceptors (Lipinski definition) is 6. The Labute approximate surface area is 167 Å². The van der Waals surface area contributed by atoms with E-state index in [1.807, 2.05) is 6.92 Å². The first-order valence-electron chi connectivity index (χ1n) is 10.1. The van der Waals surface area contributed by atoms with Crippen LogP contribution in [0.15, 0.2) is 18.3 Å². The lowest BCUT2D eigenvalue weighted by atomic mass is 10.0. The standard InChI is InChI=1S/C22H32N4O2/c1-6-28-22(27)19-13-23-20-17(4)15(2)7-8-18(20)21(19)24-16(3)14-26-11-9-25(5)10-12-26/h7-8,13,16H,6,9-12,14H2,1-5H3,(H,23,24). The zero-order chi connectivity index (χ0) is 20.3. The van der Waals surface area contributed by atoms with Gasteiger partial charge in [-0.1, -0.05) is 12.1 Å². The summed E-state index contributed by atoms with van der Waals surface area (Å²) >= 11 is 0. The van der Waals surface area contributed by atoms with Crippen LogP contribution >= 0.6 is 0 Å². The maximum absolute atomic E-state index is 12.6. The second-order valence-corrected chi connectivity index (χ2v) is 7.82.